The fraction of sp³-hybridized carbons (Fsp3) is 0.520. The molecule has 0 bridgehead atoms. The summed E-state index contributed by atoms with van der Waals surface area (Å²) >= 11 is 12.6. The lowest BCUT2D eigenvalue weighted by molar-refractivity contribution is -0.167. The summed E-state index contributed by atoms with van der Waals surface area (Å²) in [5.41, 5.74) is 0.871. The maximum Gasteiger partial charge on any atom is 0.338 e. The molecule has 2 heterocycles. The number of hydrogen-bond acceptors (Lipinski definition) is 6. The van der Waals surface area contributed by atoms with Crippen LogP contribution in [0, 0.1) is 5.92 Å². The summed E-state index contributed by atoms with van der Waals surface area (Å²) < 4.78 is 18.6. The van der Waals surface area contributed by atoms with E-state index < -0.39 is 11.6 Å². The fourth-order valence-electron chi connectivity index (χ4n) is 5.24. The van der Waals surface area contributed by atoms with Gasteiger partial charge in [-0.25, -0.2) is 4.79 Å². The number of aromatic nitrogens is 2. The minimum absolute atomic E-state index is 0.0598. The number of aliphatic hydroxyl groups excluding tert-OH is 1. The Kier molecular flexibility index (Phi) is 7.33. The molecule has 9 heteroatoms. The molecule has 0 radical (unpaired) electrons. The number of benzene rings is 1. The van der Waals surface area contributed by atoms with Crippen LogP contribution < -0.4 is 9.47 Å². The van der Waals surface area contributed by atoms with Crippen LogP contribution in [0.25, 0.3) is 0 Å². The van der Waals surface area contributed by atoms with Crippen LogP contribution in [0.1, 0.15) is 49.8 Å². The van der Waals surface area contributed by atoms with E-state index in [9.17, 15) is 9.90 Å². The number of cyclic esters (lactones) is 1. The largest absolute Gasteiger partial charge is 0.512 e. The summed E-state index contributed by atoms with van der Waals surface area (Å²) in [4.78, 5) is 13.2. The van der Waals surface area contributed by atoms with Crippen molar-refractivity contribution in [2.24, 2.45) is 13.0 Å². The molecule has 1 aromatic heterocycles. The first-order valence-electron chi connectivity index (χ1n) is 11.5. The van der Waals surface area contributed by atoms with Crippen LogP contribution in [-0.2, 0) is 29.4 Å². The molecule has 0 amide bonds. The van der Waals surface area contributed by atoms with E-state index in [0.717, 1.165) is 31.2 Å². The molecule has 0 spiro atoms. The Labute approximate surface area is 209 Å². The molecule has 2 aliphatic rings. The van der Waals surface area contributed by atoms with E-state index in [1.807, 2.05) is 6.07 Å². The quantitative estimate of drug-likeness (QED) is 0.466. The smallest absolute Gasteiger partial charge is 0.338 e. The number of carbonyl (C=O) groups is 1. The van der Waals surface area contributed by atoms with E-state index in [1.165, 1.54) is 0 Å². The van der Waals surface area contributed by atoms with Crippen molar-refractivity contribution in [2.45, 2.75) is 57.0 Å². The second kappa shape index (κ2) is 10.1. The number of esters is 1. The van der Waals surface area contributed by atoms with Gasteiger partial charge in [0, 0.05) is 32.2 Å². The number of nitrogens with zero attached hydrogens (tertiary/aromatic N) is 2. The van der Waals surface area contributed by atoms with Gasteiger partial charge in [0.05, 0.1) is 35.5 Å². The molecule has 34 heavy (non-hydrogen) atoms. The van der Waals surface area contributed by atoms with Crippen LogP contribution in [0.2, 0.25) is 10.0 Å². The Morgan fingerprint density at radius 2 is 1.88 bits per heavy atom. The predicted octanol–water partition coefficient (Wildman–Crippen LogP) is 5.61. The van der Waals surface area contributed by atoms with Crippen LogP contribution in [0.5, 0.6) is 11.5 Å². The number of carbonyl (C=O) groups excluding carboxylic acids is 1. The molecule has 1 aromatic carbocycles. The summed E-state index contributed by atoms with van der Waals surface area (Å²) in [7, 11) is 4.92. The number of ether oxygens (including phenoxy) is 3. The van der Waals surface area contributed by atoms with Crippen LogP contribution in [0.4, 0.5) is 0 Å². The molecular weight excluding hydrogens is 479 g/mol. The van der Waals surface area contributed by atoms with Gasteiger partial charge in [0.1, 0.15) is 22.9 Å². The van der Waals surface area contributed by atoms with Crippen molar-refractivity contribution in [3.05, 3.63) is 51.0 Å². The summed E-state index contributed by atoms with van der Waals surface area (Å²) in [6.07, 6.45) is 7.28. The van der Waals surface area contributed by atoms with Gasteiger partial charge >= 0.3 is 5.97 Å². The molecule has 1 aliphatic heterocycles. The zero-order valence-electron chi connectivity index (χ0n) is 19.7. The molecule has 2 aromatic rings. The second-order valence-corrected chi connectivity index (χ2v) is 9.92. The molecule has 1 N–H and O–H groups in total. The van der Waals surface area contributed by atoms with Crippen molar-refractivity contribution < 1.29 is 24.1 Å². The summed E-state index contributed by atoms with van der Waals surface area (Å²) in [6.45, 7) is 0. The van der Waals surface area contributed by atoms with Gasteiger partial charge in [0.25, 0.3) is 0 Å². The highest BCUT2D eigenvalue weighted by Crippen LogP contribution is 2.46. The minimum Gasteiger partial charge on any atom is -0.512 e. The Morgan fingerprint density at radius 1 is 1.18 bits per heavy atom. The molecule has 184 valence electrons. The number of hydrogen-bond donors (Lipinski definition) is 1. The lowest BCUT2D eigenvalue weighted by Crippen LogP contribution is -2.46. The number of aryl methyl sites for hydroxylation is 2. The Hall–Kier alpha value is -2.38. The number of rotatable bonds is 8. The molecule has 0 saturated heterocycles. The Morgan fingerprint density at radius 3 is 2.47 bits per heavy atom. The Balaban J connectivity index is 1.62. The average molecular weight is 509 g/mol. The third kappa shape index (κ3) is 4.86. The zero-order chi connectivity index (χ0) is 24.5. The number of aliphatic hydroxyl groups is 1. The van der Waals surface area contributed by atoms with Gasteiger partial charge in [-0.15, -0.1) is 0 Å². The average Bonchev–Trinajstić information content (AvgIpc) is 3.45. The van der Waals surface area contributed by atoms with E-state index in [4.69, 9.17) is 37.4 Å². The van der Waals surface area contributed by atoms with E-state index in [-0.39, 0.29) is 30.1 Å². The molecule has 1 fully saturated rings. The van der Waals surface area contributed by atoms with E-state index in [2.05, 4.69) is 5.10 Å². The van der Waals surface area contributed by atoms with Crippen LogP contribution in [0.3, 0.4) is 0 Å². The number of halogens is 2. The number of methoxy groups -OCH3 is 2. The van der Waals surface area contributed by atoms with Gasteiger partial charge in [-0.1, -0.05) is 36.0 Å². The van der Waals surface area contributed by atoms with E-state index >= 15 is 0 Å². The van der Waals surface area contributed by atoms with E-state index in [1.54, 1.807) is 38.2 Å². The van der Waals surface area contributed by atoms with Gasteiger partial charge in [-0.05, 0) is 43.2 Å². The summed E-state index contributed by atoms with van der Waals surface area (Å²) in [5.74, 6) is 0.936. The Bertz CT molecular complexity index is 1110. The first-order chi connectivity index (χ1) is 16.3. The summed E-state index contributed by atoms with van der Waals surface area (Å²) in [5, 5.41) is 16.3. The van der Waals surface area contributed by atoms with Gasteiger partial charge in [-0.3, -0.25) is 4.68 Å². The maximum atomic E-state index is 13.2. The SMILES string of the molecule is COc1cc(OC)c(CCC2(C3CCCC3)CC(O)=C(Cc3nn(C)cc3Cl)C(=O)O2)cc1Cl. The van der Waals surface area contributed by atoms with Crippen molar-refractivity contribution in [3.8, 4) is 11.5 Å². The zero-order valence-corrected chi connectivity index (χ0v) is 21.2. The lowest BCUT2D eigenvalue weighted by Gasteiger charge is -2.42. The molecule has 4 rings (SSSR count). The fourth-order valence-corrected chi connectivity index (χ4v) is 5.75. The van der Waals surface area contributed by atoms with E-state index in [0.29, 0.717) is 40.1 Å². The highest BCUT2D eigenvalue weighted by atomic mass is 35.5. The monoisotopic (exact) mass is 508 g/mol. The molecule has 1 aliphatic carbocycles. The van der Waals surface area contributed by atoms with Gasteiger partial charge < -0.3 is 19.3 Å². The van der Waals surface area contributed by atoms with Gasteiger partial charge in [0.2, 0.25) is 0 Å². The standard InChI is InChI=1S/C25H30Cl2N2O5/c1-29-14-19(27)20(28-29)11-17-21(30)13-25(34-24(17)31,16-6-4-5-7-16)9-8-15-10-18(26)23(33-3)12-22(15)32-2/h10,12,14,16,30H,4-9,11,13H2,1-3H3. The minimum atomic E-state index is -0.785. The van der Waals surface area contributed by atoms with Crippen LogP contribution in [-0.4, -0.2) is 40.7 Å². The molecule has 7 nitrogen and oxygen atoms in total. The van der Waals surface area contributed by atoms with Crippen LogP contribution in [0.15, 0.2) is 29.7 Å². The van der Waals surface area contributed by atoms with Crippen LogP contribution >= 0.6 is 23.2 Å². The normalized spacial score (nSPS) is 21.1. The first-order valence-corrected chi connectivity index (χ1v) is 12.2. The molecule has 1 atom stereocenters. The molecule has 1 unspecified atom stereocenters. The third-order valence-electron chi connectivity index (χ3n) is 7.03. The molecular formula is C25H30Cl2N2O5. The second-order valence-electron chi connectivity index (χ2n) is 9.11. The highest BCUT2D eigenvalue weighted by molar-refractivity contribution is 6.32. The first kappa shape index (κ1) is 24.7. The van der Waals surface area contributed by atoms with Crippen molar-refractivity contribution in [1.82, 2.24) is 9.78 Å². The van der Waals surface area contributed by atoms with Crippen molar-refractivity contribution >= 4 is 29.2 Å². The van der Waals surface area contributed by atoms with Crippen molar-refractivity contribution in [2.75, 3.05) is 14.2 Å². The van der Waals surface area contributed by atoms with Crippen molar-refractivity contribution in [3.63, 3.8) is 0 Å². The lowest BCUT2D eigenvalue weighted by atomic mass is 9.76. The third-order valence-corrected chi connectivity index (χ3v) is 7.64. The topological polar surface area (TPSA) is 82.8 Å². The van der Waals surface area contributed by atoms with Gasteiger partial charge in [-0.2, -0.15) is 5.10 Å². The van der Waals surface area contributed by atoms with Gasteiger partial charge in [0.15, 0.2) is 0 Å². The molecule has 1 saturated carbocycles. The maximum absolute atomic E-state index is 13.2. The van der Waals surface area contributed by atoms with Crippen molar-refractivity contribution in [1.29, 1.82) is 0 Å². The predicted molar refractivity (Wildman–Crippen MR) is 130 cm³/mol. The summed E-state index contributed by atoms with van der Waals surface area (Å²) in [6, 6.07) is 3.59. The highest BCUT2D eigenvalue weighted by Gasteiger charge is 2.48.